The fourth-order valence-electron chi connectivity index (χ4n) is 1.00. The Balaban J connectivity index is 3.01. The number of phenols is 1. The zero-order valence-corrected chi connectivity index (χ0v) is 9.52. The predicted molar refractivity (Wildman–Crippen MR) is 59.9 cm³/mol. The smallest absolute Gasteiger partial charge is 0.338 e. The van der Waals surface area contributed by atoms with Crippen molar-refractivity contribution in [3.05, 3.63) is 30.4 Å². The van der Waals surface area contributed by atoms with Gasteiger partial charge in [0.05, 0.1) is 0 Å². The number of phenolic OH excluding ortho intramolecular Hbond substituents is 1. The molecule has 0 aromatic heterocycles. The van der Waals surface area contributed by atoms with Gasteiger partial charge in [-0.2, -0.15) is 0 Å². The summed E-state index contributed by atoms with van der Waals surface area (Å²) in [5.41, 5.74) is 0.215. The highest BCUT2D eigenvalue weighted by Gasteiger charge is 2.13. The first-order chi connectivity index (χ1) is 7.90. The zero-order chi connectivity index (χ0) is 13.0. The van der Waals surface area contributed by atoms with Crippen molar-refractivity contribution < 1.29 is 24.2 Å². The highest BCUT2D eigenvalue weighted by Crippen LogP contribution is 2.31. The number of carbonyl (C=O) groups excluding carboxylic acids is 2. The van der Waals surface area contributed by atoms with E-state index in [0.717, 1.165) is 0 Å². The van der Waals surface area contributed by atoms with Crippen LogP contribution in [0.5, 0.6) is 17.2 Å². The molecule has 0 heterocycles. The molecule has 0 radical (unpaired) electrons. The number of rotatable bonds is 3. The van der Waals surface area contributed by atoms with Crippen LogP contribution in [0.25, 0.3) is 0 Å². The average Bonchev–Trinajstić information content (AvgIpc) is 2.20. The molecule has 0 amide bonds. The zero-order valence-electron chi connectivity index (χ0n) is 9.52. The quantitative estimate of drug-likeness (QED) is 0.492. The molecular weight excluding hydrogens is 224 g/mol. The number of hydrogen-bond acceptors (Lipinski definition) is 5. The van der Waals surface area contributed by atoms with Crippen LogP contribution in [0.4, 0.5) is 0 Å². The van der Waals surface area contributed by atoms with Crippen molar-refractivity contribution in [2.45, 2.75) is 13.8 Å². The summed E-state index contributed by atoms with van der Waals surface area (Å²) in [7, 11) is 0. The molecule has 5 heteroatoms. The average molecular weight is 236 g/mol. The molecule has 5 nitrogen and oxygen atoms in total. The van der Waals surface area contributed by atoms with E-state index < -0.39 is 11.9 Å². The molecule has 0 saturated heterocycles. The molecule has 90 valence electrons. The van der Waals surface area contributed by atoms with Crippen LogP contribution in [0.2, 0.25) is 0 Å². The normalized spacial score (nSPS) is 9.53. The maximum Gasteiger partial charge on any atom is 0.338 e. The van der Waals surface area contributed by atoms with Crippen LogP contribution in [0.1, 0.15) is 13.8 Å². The minimum Gasteiger partial charge on any atom is -0.508 e. The molecule has 1 aromatic rings. The van der Waals surface area contributed by atoms with Crippen molar-refractivity contribution in [1.29, 1.82) is 0 Å². The van der Waals surface area contributed by atoms with Gasteiger partial charge < -0.3 is 14.6 Å². The minimum atomic E-state index is -0.635. The Bertz CT molecular complexity index is 476. The summed E-state index contributed by atoms with van der Waals surface area (Å²) in [4.78, 5) is 22.1. The summed E-state index contributed by atoms with van der Waals surface area (Å²) in [5.74, 6) is -1.29. The van der Waals surface area contributed by atoms with Crippen molar-refractivity contribution >= 4 is 11.9 Å². The largest absolute Gasteiger partial charge is 0.508 e. The fourth-order valence-corrected chi connectivity index (χ4v) is 1.00. The summed E-state index contributed by atoms with van der Waals surface area (Å²) in [6.07, 6.45) is 0. The third-order valence-electron chi connectivity index (χ3n) is 1.73. The highest BCUT2D eigenvalue weighted by atomic mass is 16.6. The SMILES string of the molecule is C=C(C)C(=O)Oc1ccc(O)cc1OC(C)=O. The number of benzene rings is 1. The van der Waals surface area contributed by atoms with E-state index in [4.69, 9.17) is 9.47 Å². The Hall–Kier alpha value is -2.30. The number of ether oxygens (including phenoxy) is 2. The lowest BCUT2D eigenvalue weighted by Gasteiger charge is -2.09. The first-order valence-electron chi connectivity index (χ1n) is 4.79. The van der Waals surface area contributed by atoms with E-state index in [-0.39, 0.29) is 22.8 Å². The Labute approximate surface area is 98.3 Å². The standard InChI is InChI=1S/C12H12O5/c1-7(2)12(15)17-10-5-4-9(14)6-11(10)16-8(3)13/h4-6,14H,1H2,2-3H3. The molecule has 1 aromatic carbocycles. The summed E-state index contributed by atoms with van der Waals surface area (Å²) < 4.78 is 9.74. The second-order valence-electron chi connectivity index (χ2n) is 3.39. The van der Waals surface area contributed by atoms with E-state index in [0.29, 0.717) is 0 Å². The van der Waals surface area contributed by atoms with E-state index in [1.807, 2.05) is 0 Å². The van der Waals surface area contributed by atoms with Crippen LogP contribution < -0.4 is 9.47 Å². The van der Waals surface area contributed by atoms with Gasteiger partial charge in [-0.05, 0) is 19.1 Å². The van der Waals surface area contributed by atoms with Gasteiger partial charge in [0.15, 0.2) is 11.5 Å². The highest BCUT2D eigenvalue weighted by molar-refractivity contribution is 5.89. The Morgan fingerprint density at radius 3 is 2.35 bits per heavy atom. The molecule has 0 aliphatic rings. The summed E-state index contributed by atoms with van der Waals surface area (Å²) in [5, 5.41) is 9.24. The lowest BCUT2D eigenvalue weighted by atomic mass is 10.3. The number of aromatic hydroxyl groups is 1. The van der Waals surface area contributed by atoms with Gasteiger partial charge in [-0.25, -0.2) is 4.79 Å². The maximum atomic E-state index is 11.3. The molecule has 1 rings (SSSR count). The van der Waals surface area contributed by atoms with E-state index in [1.54, 1.807) is 0 Å². The molecule has 0 saturated carbocycles. The molecule has 0 aliphatic heterocycles. The van der Waals surface area contributed by atoms with E-state index in [1.165, 1.54) is 32.0 Å². The Morgan fingerprint density at radius 1 is 1.18 bits per heavy atom. The Kier molecular flexibility index (Phi) is 3.87. The summed E-state index contributed by atoms with van der Waals surface area (Å²) in [6.45, 7) is 6.12. The number of esters is 2. The van der Waals surface area contributed by atoms with Crippen molar-refractivity contribution in [3.63, 3.8) is 0 Å². The number of carbonyl (C=O) groups is 2. The Morgan fingerprint density at radius 2 is 1.82 bits per heavy atom. The second-order valence-corrected chi connectivity index (χ2v) is 3.39. The topological polar surface area (TPSA) is 72.8 Å². The van der Waals surface area contributed by atoms with E-state index in [9.17, 15) is 14.7 Å². The molecule has 0 aliphatic carbocycles. The third-order valence-corrected chi connectivity index (χ3v) is 1.73. The number of hydrogen-bond donors (Lipinski definition) is 1. The van der Waals surface area contributed by atoms with Crippen LogP contribution in [0, 0.1) is 0 Å². The van der Waals surface area contributed by atoms with Crippen LogP contribution in [0.3, 0.4) is 0 Å². The molecule has 0 unspecified atom stereocenters. The minimum absolute atomic E-state index is 0.0212. The lowest BCUT2D eigenvalue weighted by Crippen LogP contribution is -2.10. The first kappa shape index (κ1) is 12.8. The molecule has 1 N–H and O–H groups in total. The monoisotopic (exact) mass is 236 g/mol. The van der Waals surface area contributed by atoms with Crippen molar-refractivity contribution in [2.75, 3.05) is 0 Å². The van der Waals surface area contributed by atoms with Crippen LogP contribution in [-0.2, 0) is 9.59 Å². The van der Waals surface area contributed by atoms with E-state index >= 15 is 0 Å². The van der Waals surface area contributed by atoms with Gasteiger partial charge in [0.1, 0.15) is 5.75 Å². The molecule has 0 atom stereocenters. The van der Waals surface area contributed by atoms with Gasteiger partial charge in [0.25, 0.3) is 0 Å². The lowest BCUT2D eigenvalue weighted by molar-refractivity contribution is -0.133. The van der Waals surface area contributed by atoms with E-state index in [2.05, 4.69) is 6.58 Å². The van der Waals surface area contributed by atoms with Crippen LogP contribution in [-0.4, -0.2) is 17.0 Å². The molecule has 0 fully saturated rings. The van der Waals surface area contributed by atoms with Crippen LogP contribution >= 0.6 is 0 Å². The molecule has 17 heavy (non-hydrogen) atoms. The van der Waals surface area contributed by atoms with Crippen molar-refractivity contribution in [3.8, 4) is 17.2 Å². The molecular formula is C12H12O5. The van der Waals surface area contributed by atoms with Crippen molar-refractivity contribution in [1.82, 2.24) is 0 Å². The van der Waals surface area contributed by atoms with Gasteiger partial charge >= 0.3 is 11.9 Å². The van der Waals surface area contributed by atoms with Gasteiger partial charge in [-0.3, -0.25) is 4.79 Å². The van der Waals surface area contributed by atoms with Gasteiger partial charge in [-0.1, -0.05) is 6.58 Å². The third kappa shape index (κ3) is 3.64. The van der Waals surface area contributed by atoms with Gasteiger partial charge in [0.2, 0.25) is 0 Å². The fraction of sp³-hybridized carbons (Fsp3) is 0.167. The van der Waals surface area contributed by atoms with Gasteiger partial charge in [0, 0.05) is 18.6 Å². The molecule has 0 spiro atoms. The summed E-state index contributed by atoms with van der Waals surface area (Å²) >= 11 is 0. The second kappa shape index (κ2) is 5.16. The van der Waals surface area contributed by atoms with Crippen molar-refractivity contribution in [2.24, 2.45) is 0 Å². The maximum absolute atomic E-state index is 11.3. The van der Waals surface area contributed by atoms with Crippen LogP contribution in [0.15, 0.2) is 30.4 Å². The first-order valence-corrected chi connectivity index (χ1v) is 4.79. The molecule has 0 bridgehead atoms. The predicted octanol–water partition coefficient (Wildman–Crippen LogP) is 1.80. The van der Waals surface area contributed by atoms with Gasteiger partial charge in [-0.15, -0.1) is 0 Å². The summed E-state index contributed by atoms with van der Waals surface area (Å²) in [6, 6.07) is 3.82.